The molecule has 0 heterocycles. The van der Waals surface area contributed by atoms with E-state index in [0.717, 1.165) is 18.2 Å². The van der Waals surface area contributed by atoms with Crippen LogP contribution in [0.1, 0.15) is 10.4 Å². The summed E-state index contributed by atoms with van der Waals surface area (Å²) in [6, 6.07) is 5.62. The van der Waals surface area contributed by atoms with Gasteiger partial charge in [0.1, 0.15) is 11.6 Å². The summed E-state index contributed by atoms with van der Waals surface area (Å²) in [5, 5.41) is 2.41. The molecule has 0 saturated heterocycles. The summed E-state index contributed by atoms with van der Waals surface area (Å²) in [6.45, 7) is 0. The third-order valence-corrected chi connectivity index (χ3v) is 3.05. The number of benzene rings is 2. The van der Waals surface area contributed by atoms with Crippen LogP contribution in [0.5, 0.6) is 17.2 Å². The third kappa shape index (κ3) is 3.68. The fraction of sp³-hybridized carbons (Fsp3) is 0.188. The first-order chi connectivity index (χ1) is 11.0. The Hall–Kier alpha value is -2.83. The zero-order valence-electron chi connectivity index (χ0n) is 12.8. The van der Waals surface area contributed by atoms with Crippen LogP contribution in [-0.2, 0) is 0 Å². The predicted octanol–water partition coefficient (Wildman–Crippen LogP) is 3.24. The van der Waals surface area contributed by atoms with Crippen LogP contribution in [0.15, 0.2) is 30.3 Å². The molecule has 1 amide bonds. The lowest BCUT2D eigenvalue weighted by molar-refractivity contribution is 0.102. The first-order valence-electron chi connectivity index (χ1n) is 6.56. The number of halogens is 2. The molecule has 0 unspecified atom stereocenters. The Morgan fingerprint density at radius 3 is 1.83 bits per heavy atom. The zero-order chi connectivity index (χ0) is 17.0. The van der Waals surface area contributed by atoms with Gasteiger partial charge in [-0.2, -0.15) is 0 Å². The molecule has 0 aliphatic rings. The second-order valence-electron chi connectivity index (χ2n) is 4.53. The Labute approximate surface area is 131 Å². The molecule has 0 spiro atoms. The van der Waals surface area contributed by atoms with Crippen molar-refractivity contribution in [3.8, 4) is 17.2 Å². The quantitative estimate of drug-likeness (QED) is 0.918. The number of nitrogens with one attached hydrogen (secondary N) is 1. The van der Waals surface area contributed by atoms with Gasteiger partial charge in [0.15, 0.2) is 11.5 Å². The van der Waals surface area contributed by atoms with E-state index in [2.05, 4.69) is 5.32 Å². The monoisotopic (exact) mass is 323 g/mol. The van der Waals surface area contributed by atoms with Crippen molar-refractivity contribution in [1.82, 2.24) is 0 Å². The van der Waals surface area contributed by atoms with Gasteiger partial charge in [-0.05, 0) is 24.3 Å². The molecule has 0 fully saturated rings. The maximum absolute atomic E-state index is 13.2. The van der Waals surface area contributed by atoms with E-state index in [9.17, 15) is 13.6 Å². The van der Waals surface area contributed by atoms with E-state index in [4.69, 9.17) is 14.2 Å². The molecular weight excluding hydrogens is 308 g/mol. The smallest absolute Gasteiger partial charge is 0.255 e. The van der Waals surface area contributed by atoms with Crippen LogP contribution in [-0.4, -0.2) is 27.2 Å². The zero-order valence-corrected chi connectivity index (χ0v) is 12.8. The van der Waals surface area contributed by atoms with Crippen molar-refractivity contribution in [2.75, 3.05) is 26.6 Å². The number of anilines is 1. The molecular formula is C16H15F2NO4. The van der Waals surface area contributed by atoms with Gasteiger partial charge in [-0.25, -0.2) is 8.78 Å². The number of rotatable bonds is 5. The van der Waals surface area contributed by atoms with Gasteiger partial charge in [-0.15, -0.1) is 0 Å². The molecule has 7 heteroatoms. The number of hydrogen-bond acceptors (Lipinski definition) is 4. The molecule has 0 atom stereocenters. The number of ether oxygens (including phenoxy) is 3. The average Bonchev–Trinajstić information content (AvgIpc) is 2.52. The molecule has 0 radical (unpaired) electrons. The van der Waals surface area contributed by atoms with Crippen molar-refractivity contribution in [3.05, 3.63) is 47.5 Å². The van der Waals surface area contributed by atoms with Crippen LogP contribution in [0.2, 0.25) is 0 Å². The van der Waals surface area contributed by atoms with Gasteiger partial charge in [0.2, 0.25) is 5.75 Å². The highest BCUT2D eigenvalue weighted by Gasteiger charge is 2.17. The molecule has 0 aliphatic carbocycles. The molecule has 2 rings (SSSR count). The summed E-state index contributed by atoms with van der Waals surface area (Å²) < 4.78 is 41.8. The summed E-state index contributed by atoms with van der Waals surface area (Å²) in [5.74, 6) is -1.22. The first kappa shape index (κ1) is 16.5. The van der Waals surface area contributed by atoms with Crippen LogP contribution in [0, 0.1) is 11.6 Å². The van der Waals surface area contributed by atoms with Gasteiger partial charge in [0, 0.05) is 17.3 Å². The Morgan fingerprint density at radius 1 is 0.870 bits per heavy atom. The third-order valence-electron chi connectivity index (χ3n) is 3.05. The van der Waals surface area contributed by atoms with Gasteiger partial charge >= 0.3 is 0 Å². The molecule has 2 aromatic rings. The summed E-state index contributed by atoms with van der Waals surface area (Å²) in [7, 11) is 4.28. The SMILES string of the molecule is COc1cc(C(=O)Nc2cc(F)cc(F)c2)cc(OC)c1OC. The van der Waals surface area contributed by atoms with E-state index < -0.39 is 17.5 Å². The first-order valence-corrected chi connectivity index (χ1v) is 6.56. The number of carbonyl (C=O) groups excluding carboxylic acids is 1. The molecule has 23 heavy (non-hydrogen) atoms. The van der Waals surface area contributed by atoms with Gasteiger partial charge < -0.3 is 19.5 Å². The lowest BCUT2D eigenvalue weighted by atomic mass is 10.1. The maximum atomic E-state index is 13.2. The van der Waals surface area contributed by atoms with E-state index in [1.807, 2.05) is 0 Å². The van der Waals surface area contributed by atoms with Crippen LogP contribution in [0.4, 0.5) is 14.5 Å². The van der Waals surface area contributed by atoms with E-state index in [-0.39, 0.29) is 11.3 Å². The molecule has 0 bridgehead atoms. The summed E-state index contributed by atoms with van der Waals surface area (Å²) in [5.41, 5.74) is 0.186. The van der Waals surface area contributed by atoms with Crippen molar-refractivity contribution >= 4 is 11.6 Å². The minimum atomic E-state index is -0.787. The molecule has 0 saturated carbocycles. The largest absolute Gasteiger partial charge is 0.493 e. The van der Waals surface area contributed by atoms with E-state index in [0.29, 0.717) is 17.2 Å². The highest BCUT2D eigenvalue weighted by Crippen LogP contribution is 2.38. The van der Waals surface area contributed by atoms with Gasteiger partial charge in [0.25, 0.3) is 5.91 Å². The second-order valence-corrected chi connectivity index (χ2v) is 4.53. The van der Waals surface area contributed by atoms with Crippen molar-refractivity contribution in [3.63, 3.8) is 0 Å². The van der Waals surface area contributed by atoms with E-state index in [1.165, 1.54) is 33.5 Å². The standard InChI is InChI=1S/C16H15F2NO4/c1-21-13-4-9(5-14(22-2)15(13)23-3)16(20)19-12-7-10(17)6-11(18)8-12/h4-8H,1-3H3,(H,19,20). The topological polar surface area (TPSA) is 56.8 Å². The number of amides is 1. The van der Waals surface area contributed by atoms with E-state index >= 15 is 0 Å². The fourth-order valence-corrected chi connectivity index (χ4v) is 2.04. The summed E-state index contributed by atoms with van der Waals surface area (Å²) in [4.78, 5) is 12.3. The number of hydrogen-bond donors (Lipinski definition) is 1. The molecule has 2 aromatic carbocycles. The molecule has 1 N–H and O–H groups in total. The number of methoxy groups -OCH3 is 3. The lowest BCUT2D eigenvalue weighted by Crippen LogP contribution is -2.13. The molecule has 0 aliphatic heterocycles. The summed E-state index contributed by atoms with van der Waals surface area (Å²) in [6.07, 6.45) is 0. The fourth-order valence-electron chi connectivity index (χ4n) is 2.04. The Morgan fingerprint density at radius 2 is 1.39 bits per heavy atom. The van der Waals surface area contributed by atoms with Crippen molar-refractivity contribution in [2.24, 2.45) is 0 Å². The van der Waals surface area contributed by atoms with Gasteiger partial charge in [0.05, 0.1) is 21.3 Å². The summed E-state index contributed by atoms with van der Waals surface area (Å²) >= 11 is 0. The Bertz CT molecular complexity index is 689. The molecule has 5 nitrogen and oxygen atoms in total. The van der Waals surface area contributed by atoms with Crippen molar-refractivity contribution in [1.29, 1.82) is 0 Å². The average molecular weight is 323 g/mol. The van der Waals surface area contributed by atoms with Crippen LogP contribution in [0.25, 0.3) is 0 Å². The van der Waals surface area contributed by atoms with Crippen molar-refractivity contribution < 1.29 is 27.8 Å². The predicted molar refractivity (Wildman–Crippen MR) is 80.4 cm³/mol. The van der Waals surface area contributed by atoms with Gasteiger partial charge in [-0.3, -0.25) is 4.79 Å². The normalized spacial score (nSPS) is 10.1. The second kappa shape index (κ2) is 6.95. The Balaban J connectivity index is 2.35. The van der Waals surface area contributed by atoms with Crippen LogP contribution >= 0.6 is 0 Å². The van der Waals surface area contributed by atoms with E-state index in [1.54, 1.807) is 0 Å². The molecule has 122 valence electrons. The van der Waals surface area contributed by atoms with Crippen LogP contribution in [0.3, 0.4) is 0 Å². The van der Waals surface area contributed by atoms with Gasteiger partial charge in [-0.1, -0.05) is 0 Å². The minimum absolute atomic E-state index is 0.00116. The highest BCUT2D eigenvalue weighted by atomic mass is 19.1. The lowest BCUT2D eigenvalue weighted by Gasteiger charge is -2.14. The van der Waals surface area contributed by atoms with Crippen LogP contribution < -0.4 is 19.5 Å². The van der Waals surface area contributed by atoms with Crippen molar-refractivity contribution in [2.45, 2.75) is 0 Å². The minimum Gasteiger partial charge on any atom is -0.493 e. The number of carbonyl (C=O) groups is 1. The Kier molecular flexibility index (Phi) is 5.00. The highest BCUT2D eigenvalue weighted by molar-refractivity contribution is 6.05. The molecule has 0 aromatic heterocycles. The maximum Gasteiger partial charge on any atom is 0.255 e.